The second-order valence-electron chi connectivity index (χ2n) is 7.93. The van der Waals surface area contributed by atoms with Crippen molar-refractivity contribution in [2.45, 2.75) is 65.0 Å². The summed E-state index contributed by atoms with van der Waals surface area (Å²) in [6.07, 6.45) is 2.47. The van der Waals surface area contributed by atoms with Crippen molar-refractivity contribution >= 4 is 24.3 Å². The highest BCUT2D eigenvalue weighted by molar-refractivity contribution is 5.85. The molecule has 0 saturated carbocycles. The molecule has 1 aliphatic rings. The Morgan fingerprint density at radius 2 is 1.70 bits per heavy atom. The lowest BCUT2D eigenvalue weighted by atomic mass is 9.93. The highest BCUT2D eigenvalue weighted by Gasteiger charge is 2.30. The fourth-order valence-corrected chi connectivity index (χ4v) is 3.59. The van der Waals surface area contributed by atoms with Crippen molar-refractivity contribution in [3.05, 3.63) is 35.4 Å². The molecule has 0 aromatic heterocycles. The molecule has 2 atom stereocenters. The molecule has 1 heterocycles. The van der Waals surface area contributed by atoms with Crippen molar-refractivity contribution in [3.63, 3.8) is 0 Å². The third-order valence-corrected chi connectivity index (χ3v) is 5.19. The van der Waals surface area contributed by atoms with Crippen LogP contribution in [0, 0.1) is 5.92 Å². The van der Waals surface area contributed by atoms with Crippen molar-refractivity contribution in [3.8, 4) is 0 Å². The van der Waals surface area contributed by atoms with Gasteiger partial charge in [0.05, 0.1) is 12.6 Å². The van der Waals surface area contributed by atoms with E-state index in [-0.39, 0.29) is 36.8 Å². The van der Waals surface area contributed by atoms with E-state index in [0.29, 0.717) is 18.9 Å². The molecular formula is C21H33ClN2O3. The van der Waals surface area contributed by atoms with Gasteiger partial charge in [-0.25, -0.2) is 0 Å². The molecule has 0 spiro atoms. The Morgan fingerprint density at radius 1 is 1.11 bits per heavy atom. The number of likely N-dealkylation sites (tertiary alicyclic amines) is 1. The standard InChI is InChI=1S/C21H32N2O3.ClH/c1-14(2)16-8-10-17(11-9-16)20(15(3)4)22-19(24)13-23-12-6-5-7-18(23)21(25)26;/h8-11,14-15,18,20H,5-7,12-13H2,1-4H3,(H,22,24)(H,25,26);1H. The summed E-state index contributed by atoms with van der Waals surface area (Å²) in [5.41, 5.74) is 2.37. The maximum absolute atomic E-state index is 12.6. The number of benzene rings is 1. The molecule has 1 amide bonds. The van der Waals surface area contributed by atoms with Crippen LogP contribution in [0.5, 0.6) is 0 Å². The summed E-state index contributed by atoms with van der Waals surface area (Å²) in [7, 11) is 0. The van der Waals surface area contributed by atoms with Gasteiger partial charge in [0, 0.05) is 0 Å². The topological polar surface area (TPSA) is 69.6 Å². The Kier molecular flexibility index (Phi) is 9.27. The lowest BCUT2D eigenvalue weighted by Gasteiger charge is -2.33. The van der Waals surface area contributed by atoms with Crippen LogP contribution in [0.4, 0.5) is 0 Å². The molecular weight excluding hydrogens is 364 g/mol. The average Bonchev–Trinajstić information content (AvgIpc) is 2.59. The van der Waals surface area contributed by atoms with Crippen molar-refractivity contribution in [2.24, 2.45) is 5.92 Å². The summed E-state index contributed by atoms with van der Waals surface area (Å²) in [6, 6.07) is 7.79. The molecule has 0 bridgehead atoms. The lowest BCUT2D eigenvalue weighted by Crippen LogP contribution is -2.49. The maximum Gasteiger partial charge on any atom is 0.320 e. The van der Waals surface area contributed by atoms with Crippen LogP contribution in [-0.2, 0) is 9.59 Å². The Morgan fingerprint density at radius 3 is 2.22 bits per heavy atom. The summed E-state index contributed by atoms with van der Waals surface area (Å²) in [5.74, 6) is -0.212. The molecule has 152 valence electrons. The van der Waals surface area contributed by atoms with Crippen molar-refractivity contribution in [2.75, 3.05) is 13.1 Å². The number of rotatable bonds is 7. The monoisotopic (exact) mass is 396 g/mol. The summed E-state index contributed by atoms with van der Waals surface area (Å²) in [4.78, 5) is 25.8. The normalized spacial score (nSPS) is 18.8. The second kappa shape index (κ2) is 10.7. The minimum Gasteiger partial charge on any atom is -0.480 e. The number of halogens is 1. The highest BCUT2D eigenvalue weighted by Crippen LogP contribution is 2.24. The number of nitrogens with zero attached hydrogens (tertiary/aromatic N) is 1. The van der Waals surface area contributed by atoms with Gasteiger partial charge in [-0.15, -0.1) is 12.4 Å². The lowest BCUT2D eigenvalue weighted by molar-refractivity contribution is -0.145. The quantitative estimate of drug-likeness (QED) is 0.731. The minimum absolute atomic E-state index is 0. The molecule has 2 unspecified atom stereocenters. The number of hydrogen-bond acceptors (Lipinski definition) is 3. The van der Waals surface area contributed by atoms with Gasteiger partial charge in [0.25, 0.3) is 0 Å². The number of piperidine rings is 1. The average molecular weight is 397 g/mol. The molecule has 0 radical (unpaired) electrons. The van der Waals surface area contributed by atoms with E-state index < -0.39 is 12.0 Å². The van der Waals surface area contributed by atoms with Crippen molar-refractivity contribution < 1.29 is 14.7 Å². The first-order valence-electron chi connectivity index (χ1n) is 9.65. The third-order valence-electron chi connectivity index (χ3n) is 5.19. The van der Waals surface area contributed by atoms with Crippen LogP contribution in [0.3, 0.4) is 0 Å². The Labute approximate surface area is 168 Å². The number of carboxylic acids is 1. The Hall–Kier alpha value is -1.59. The van der Waals surface area contributed by atoms with Gasteiger partial charge in [0.15, 0.2) is 0 Å². The number of aliphatic carboxylic acids is 1. The number of carbonyl (C=O) groups is 2. The predicted molar refractivity (Wildman–Crippen MR) is 110 cm³/mol. The van der Waals surface area contributed by atoms with Crippen LogP contribution < -0.4 is 5.32 Å². The first-order chi connectivity index (χ1) is 12.3. The molecule has 2 rings (SSSR count). The predicted octanol–water partition coefficient (Wildman–Crippen LogP) is 3.98. The van der Waals surface area contributed by atoms with Gasteiger partial charge in [-0.3, -0.25) is 14.5 Å². The molecule has 2 N–H and O–H groups in total. The molecule has 1 saturated heterocycles. The van der Waals surface area contributed by atoms with Gasteiger partial charge in [-0.2, -0.15) is 0 Å². The first kappa shape index (κ1) is 23.4. The summed E-state index contributed by atoms with van der Waals surface area (Å²) in [6.45, 7) is 9.30. The van der Waals surface area contributed by atoms with Gasteiger partial charge in [-0.1, -0.05) is 58.4 Å². The summed E-state index contributed by atoms with van der Waals surface area (Å²) < 4.78 is 0. The van der Waals surface area contributed by atoms with Crippen molar-refractivity contribution in [1.29, 1.82) is 0 Å². The SMILES string of the molecule is CC(C)c1ccc(C(NC(=O)CN2CCCCC2C(=O)O)C(C)C)cc1.Cl. The molecule has 1 fully saturated rings. The largest absolute Gasteiger partial charge is 0.480 e. The first-order valence-corrected chi connectivity index (χ1v) is 9.65. The number of amides is 1. The second-order valence-corrected chi connectivity index (χ2v) is 7.93. The zero-order chi connectivity index (χ0) is 19.3. The fourth-order valence-electron chi connectivity index (χ4n) is 3.59. The van der Waals surface area contributed by atoms with Gasteiger partial charge < -0.3 is 10.4 Å². The number of carbonyl (C=O) groups excluding carboxylic acids is 1. The minimum atomic E-state index is -0.831. The van der Waals surface area contributed by atoms with Gasteiger partial charge in [-0.05, 0) is 42.3 Å². The van der Waals surface area contributed by atoms with Crippen LogP contribution in [0.1, 0.15) is 70.0 Å². The van der Waals surface area contributed by atoms with E-state index in [1.54, 1.807) is 4.90 Å². The number of hydrogen-bond donors (Lipinski definition) is 2. The van der Waals surface area contributed by atoms with Crippen LogP contribution in [-0.4, -0.2) is 41.0 Å². The molecule has 5 nitrogen and oxygen atoms in total. The molecule has 1 aliphatic heterocycles. The van der Waals surface area contributed by atoms with E-state index in [0.717, 1.165) is 18.4 Å². The maximum atomic E-state index is 12.6. The summed E-state index contributed by atoms with van der Waals surface area (Å²) in [5, 5.41) is 12.5. The highest BCUT2D eigenvalue weighted by atomic mass is 35.5. The van der Waals surface area contributed by atoms with E-state index >= 15 is 0 Å². The zero-order valence-corrected chi connectivity index (χ0v) is 17.6. The van der Waals surface area contributed by atoms with E-state index in [2.05, 4.69) is 57.3 Å². The van der Waals surface area contributed by atoms with Gasteiger partial charge >= 0.3 is 5.97 Å². The zero-order valence-electron chi connectivity index (χ0n) is 16.8. The van der Waals surface area contributed by atoms with E-state index in [1.165, 1.54) is 5.56 Å². The van der Waals surface area contributed by atoms with Crippen LogP contribution >= 0.6 is 12.4 Å². The van der Waals surface area contributed by atoms with Crippen LogP contribution in [0.25, 0.3) is 0 Å². The number of carboxylic acid groups (broad SMARTS) is 1. The summed E-state index contributed by atoms with van der Waals surface area (Å²) >= 11 is 0. The molecule has 0 aliphatic carbocycles. The van der Waals surface area contributed by atoms with E-state index in [9.17, 15) is 14.7 Å². The van der Waals surface area contributed by atoms with Crippen molar-refractivity contribution in [1.82, 2.24) is 10.2 Å². The van der Waals surface area contributed by atoms with Crippen LogP contribution in [0.2, 0.25) is 0 Å². The van der Waals surface area contributed by atoms with E-state index in [1.807, 2.05) is 0 Å². The molecule has 27 heavy (non-hydrogen) atoms. The van der Waals surface area contributed by atoms with Gasteiger partial charge in [0.2, 0.25) is 5.91 Å². The van der Waals surface area contributed by atoms with Crippen LogP contribution in [0.15, 0.2) is 24.3 Å². The third kappa shape index (κ3) is 6.51. The fraction of sp³-hybridized carbons (Fsp3) is 0.619. The molecule has 6 heteroatoms. The van der Waals surface area contributed by atoms with Gasteiger partial charge in [0.1, 0.15) is 6.04 Å². The Bertz CT molecular complexity index is 616. The smallest absolute Gasteiger partial charge is 0.320 e. The molecule has 1 aromatic carbocycles. The molecule has 1 aromatic rings. The number of nitrogens with one attached hydrogen (secondary N) is 1. The van der Waals surface area contributed by atoms with E-state index in [4.69, 9.17) is 0 Å². The Balaban J connectivity index is 0.00000364.